The molecule has 3 aliphatic rings. The number of amides is 1. The molecule has 6 atom stereocenters. The number of carbonyl (C=O) groups excluding carboxylic acids is 5. The Bertz CT molecular complexity index is 1390. The highest BCUT2D eigenvalue weighted by atomic mass is 35.5. The van der Waals surface area contributed by atoms with Gasteiger partial charge in [-0.15, -0.1) is 0 Å². The van der Waals surface area contributed by atoms with Crippen molar-refractivity contribution in [3.05, 3.63) is 46.7 Å². The highest BCUT2D eigenvalue weighted by Crippen LogP contribution is 2.51. The van der Waals surface area contributed by atoms with E-state index in [1.165, 1.54) is 17.2 Å². The molecule has 0 radical (unpaired) electrons. The fourth-order valence-corrected chi connectivity index (χ4v) is 6.52. The largest absolute Gasteiger partial charge is 0.507 e. The molecule has 0 bridgehead atoms. The molecule has 1 heterocycles. The van der Waals surface area contributed by atoms with Crippen LogP contribution in [0, 0.1) is 23.7 Å². The number of fused-ring (bicyclic) bond motifs is 3. The molecule has 1 amide bonds. The number of nitrogens with zero attached hydrogens (tertiary/aromatic N) is 2. The first kappa shape index (κ1) is 25.2. The third kappa shape index (κ3) is 3.47. The first-order valence-corrected chi connectivity index (χ1v) is 12.1. The first-order chi connectivity index (χ1) is 17.4. The van der Waals surface area contributed by atoms with Gasteiger partial charge in [0.25, 0.3) is 0 Å². The molecule has 6 unspecified atom stereocenters. The van der Waals surface area contributed by atoms with Gasteiger partial charge in [-0.25, -0.2) is 4.98 Å². The number of phenolic OH excluding ortho intramolecular Hbond substituents is 1. The van der Waals surface area contributed by atoms with Crippen LogP contribution in [0.2, 0.25) is 5.15 Å². The first-order valence-electron chi connectivity index (χ1n) is 11.7. The Morgan fingerprint density at radius 3 is 2.43 bits per heavy atom. The maximum absolute atomic E-state index is 13.8. The van der Waals surface area contributed by atoms with E-state index in [0.717, 1.165) is 0 Å². The average molecular weight is 526 g/mol. The zero-order chi connectivity index (χ0) is 27.0. The summed E-state index contributed by atoms with van der Waals surface area (Å²) in [6, 6.07) is 5.13. The molecule has 3 aliphatic carbocycles. The van der Waals surface area contributed by atoms with Crippen LogP contribution in [0.1, 0.15) is 22.3 Å². The molecule has 192 valence electrons. The predicted octanol–water partition coefficient (Wildman–Crippen LogP) is 0.582. The number of aromatic nitrogens is 1. The molecular formula is C26H24ClN3O7. The summed E-state index contributed by atoms with van der Waals surface area (Å²) in [5.74, 6) is -10.8. The molecule has 2 aromatic rings. The number of hydrogen-bond donors (Lipinski definition) is 3. The normalized spacial score (nSPS) is 31.1. The highest BCUT2D eigenvalue weighted by molar-refractivity contribution is 6.32. The van der Waals surface area contributed by atoms with Gasteiger partial charge in [0.05, 0.1) is 17.5 Å². The highest BCUT2D eigenvalue weighted by Gasteiger charge is 2.69. The number of pyridine rings is 1. The second-order valence-corrected chi connectivity index (χ2v) is 10.5. The predicted molar refractivity (Wildman–Crippen MR) is 130 cm³/mol. The Kier molecular flexibility index (Phi) is 5.82. The van der Waals surface area contributed by atoms with Gasteiger partial charge in [0.15, 0.2) is 34.7 Å². The average Bonchev–Trinajstić information content (AvgIpc) is 2.82. The number of likely N-dealkylation sites (N-methyl/N-ethyl adjacent to an activating group) is 1. The number of rotatable bonds is 3. The molecule has 2 fully saturated rings. The number of hydrogen-bond acceptors (Lipinski definition) is 9. The van der Waals surface area contributed by atoms with Crippen LogP contribution in [-0.4, -0.2) is 74.9 Å². The molecule has 11 heteroatoms. The van der Waals surface area contributed by atoms with Crippen LogP contribution in [0.5, 0.6) is 5.75 Å². The SMILES string of the molecule is CN(C)C1C(=O)C(C(N)=O)C(=O)C2(O)C(=O)C3C(=O)c4c(O)ccc(-c5ccc(Cl)nc5)c4CC3CC12. The Balaban J connectivity index is 1.66. The molecule has 0 saturated heterocycles. The van der Waals surface area contributed by atoms with Crippen LogP contribution in [0.15, 0.2) is 30.5 Å². The molecular weight excluding hydrogens is 502 g/mol. The van der Waals surface area contributed by atoms with E-state index in [9.17, 15) is 34.2 Å². The summed E-state index contributed by atoms with van der Waals surface area (Å²) in [6.45, 7) is 0. The van der Waals surface area contributed by atoms with E-state index in [1.807, 2.05) is 0 Å². The van der Waals surface area contributed by atoms with Crippen LogP contribution in [0.4, 0.5) is 0 Å². The van der Waals surface area contributed by atoms with E-state index in [0.29, 0.717) is 16.7 Å². The van der Waals surface area contributed by atoms with Gasteiger partial charge in [-0.05, 0) is 62.2 Å². The summed E-state index contributed by atoms with van der Waals surface area (Å²) >= 11 is 5.91. The Morgan fingerprint density at radius 1 is 1.14 bits per heavy atom. The smallest absolute Gasteiger partial charge is 0.235 e. The molecule has 1 aromatic heterocycles. The van der Waals surface area contributed by atoms with Crippen molar-refractivity contribution in [1.82, 2.24) is 9.88 Å². The van der Waals surface area contributed by atoms with Crippen LogP contribution in [0.3, 0.4) is 0 Å². The number of nitrogens with two attached hydrogens (primary N) is 1. The molecule has 1 aromatic carbocycles. The number of ketones is 4. The lowest BCUT2D eigenvalue weighted by Gasteiger charge is -2.52. The van der Waals surface area contributed by atoms with Crippen molar-refractivity contribution in [2.45, 2.75) is 24.5 Å². The Morgan fingerprint density at radius 2 is 1.84 bits per heavy atom. The van der Waals surface area contributed by atoms with Gasteiger partial charge < -0.3 is 15.9 Å². The molecule has 0 aliphatic heterocycles. The number of aromatic hydroxyl groups is 1. The maximum Gasteiger partial charge on any atom is 0.235 e. The standard InChI is InChI=1S/C26H24ClN3O7/c1-30(2)20-14-8-11-7-13-12(10-3-6-16(27)29-9-10)4-5-15(31)18(13)21(32)17(11)23(34)26(14,37)24(35)19(22(20)33)25(28)36/h3-6,9,11,14,17,19-20,31,37H,7-8H2,1-2H3,(H2,28,36). The minimum absolute atomic E-state index is 0.0160. The molecule has 0 spiro atoms. The van der Waals surface area contributed by atoms with Crippen molar-refractivity contribution in [3.8, 4) is 16.9 Å². The molecule has 5 rings (SSSR count). The summed E-state index contributed by atoms with van der Waals surface area (Å²) in [5, 5.41) is 22.5. The van der Waals surface area contributed by atoms with Gasteiger partial charge in [0, 0.05) is 17.7 Å². The second-order valence-electron chi connectivity index (χ2n) is 10.1. The minimum Gasteiger partial charge on any atom is -0.507 e. The van der Waals surface area contributed by atoms with Crippen molar-refractivity contribution in [2.75, 3.05) is 14.1 Å². The lowest BCUT2D eigenvalue weighted by atomic mass is 9.52. The van der Waals surface area contributed by atoms with E-state index < -0.39 is 64.4 Å². The summed E-state index contributed by atoms with van der Waals surface area (Å²) in [7, 11) is 3.08. The third-order valence-electron chi connectivity index (χ3n) is 7.98. The summed E-state index contributed by atoms with van der Waals surface area (Å²) in [4.78, 5) is 71.6. The zero-order valence-corrected chi connectivity index (χ0v) is 20.7. The molecule has 2 saturated carbocycles. The topological polar surface area (TPSA) is 168 Å². The van der Waals surface area contributed by atoms with Gasteiger partial charge in [-0.1, -0.05) is 17.7 Å². The number of carbonyl (C=O) groups is 5. The zero-order valence-electron chi connectivity index (χ0n) is 20.0. The van der Waals surface area contributed by atoms with E-state index in [4.69, 9.17) is 17.3 Å². The summed E-state index contributed by atoms with van der Waals surface area (Å²) < 4.78 is 0. The lowest BCUT2D eigenvalue weighted by molar-refractivity contribution is -0.181. The fourth-order valence-electron chi connectivity index (χ4n) is 6.41. The van der Waals surface area contributed by atoms with Gasteiger partial charge in [-0.2, -0.15) is 0 Å². The molecule has 37 heavy (non-hydrogen) atoms. The quantitative estimate of drug-likeness (QED) is 0.383. The number of phenols is 1. The van der Waals surface area contributed by atoms with Crippen LogP contribution in [-0.2, 0) is 25.6 Å². The maximum atomic E-state index is 13.8. The number of halogens is 1. The number of primary amides is 1. The van der Waals surface area contributed by atoms with Crippen molar-refractivity contribution >= 4 is 40.6 Å². The van der Waals surface area contributed by atoms with Crippen molar-refractivity contribution in [3.63, 3.8) is 0 Å². The van der Waals surface area contributed by atoms with Gasteiger partial charge >= 0.3 is 0 Å². The molecule has 4 N–H and O–H groups in total. The number of benzene rings is 1. The van der Waals surface area contributed by atoms with E-state index in [2.05, 4.69) is 4.98 Å². The third-order valence-corrected chi connectivity index (χ3v) is 8.21. The number of aliphatic hydroxyl groups is 1. The van der Waals surface area contributed by atoms with Crippen molar-refractivity contribution in [2.24, 2.45) is 29.4 Å². The van der Waals surface area contributed by atoms with Crippen LogP contribution >= 0.6 is 11.6 Å². The summed E-state index contributed by atoms with van der Waals surface area (Å²) in [5.41, 5.74) is 4.27. The van der Waals surface area contributed by atoms with E-state index in [1.54, 1.807) is 32.3 Å². The fraction of sp³-hybridized carbons (Fsp3) is 0.385. The van der Waals surface area contributed by atoms with Gasteiger partial charge in [0.1, 0.15) is 10.9 Å². The van der Waals surface area contributed by atoms with Crippen molar-refractivity contribution in [1.29, 1.82) is 0 Å². The Hall–Kier alpha value is -3.47. The second kappa shape index (κ2) is 8.54. The lowest BCUT2D eigenvalue weighted by Crippen LogP contribution is -2.74. The minimum atomic E-state index is -2.75. The monoisotopic (exact) mass is 525 g/mol. The van der Waals surface area contributed by atoms with E-state index in [-0.39, 0.29) is 29.3 Å². The Labute approximate surface area is 216 Å². The van der Waals surface area contributed by atoms with Crippen molar-refractivity contribution < 1.29 is 34.2 Å². The van der Waals surface area contributed by atoms with Gasteiger partial charge in [-0.3, -0.25) is 28.9 Å². The number of Topliss-reactive ketones (excluding diaryl/α,β-unsaturated/α-hetero) is 4. The van der Waals surface area contributed by atoms with Crippen LogP contribution in [0.25, 0.3) is 11.1 Å². The van der Waals surface area contributed by atoms with E-state index >= 15 is 0 Å². The van der Waals surface area contributed by atoms with Crippen LogP contribution < -0.4 is 5.73 Å². The summed E-state index contributed by atoms with van der Waals surface area (Å²) in [6.07, 6.45) is 1.68. The molecule has 10 nitrogen and oxygen atoms in total. The van der Waals surface area contributed by atoms with Gasteiger partial charge in [0.2, 0.25) is 5.91 Å².